The highest BCUT2D eigenvalue weighted by Crippen LogP contribution is 2.28. The van der Waals surface area contributed by atoms with Gasteiger partial charge in [-0.15, -0.1) is 0 Å². The Hall–Kier alpha value is -1.73. The van der Waals surface area contributed by atoms with Gasteiger partial charge in [-0.05, 0) is 37.6 Å². The highest BCUT2D eigenvalue weighted by atomic mass is 15.2. The van der Waals surface area contributed by atoms with Gasteiger partial charge in [0.2, 0.25) is 0 Å². The van der Waals surface area contributed by atoms with E-state index in [1.165, 1.54) is 12.8 Å². The van der Waals surface area contributed by atoms with Crippen LogP contribution < -0.4 is 10.6 Å². The summed E-state index contributed by atoms with van der Waals surface area (Å²) in [5.74, 6) is 0. The molecule has 4 heteroatoms. The largest absolute Gasteiger partial charge is 0.397 e. The first-order valence-electron chi connectivity index (χ1n) is 6.90. The van der Waals surface area contributed by atoms with Gasteiger partial charge in [-0.1, -0.05) is 6.92 Å². The van der Waals surface area contributed by atoms with E-state index in [0.29, 0.717) is 17.3 Å². The summed E-state index contributed by atoms with van der Waals surface area (Å²) in [4.78, 5) is 4.75. The Balaban J connectivity index is 2.08. The second-order valence-corrected chi connectivity index (χ2v) is 5.16. The van der Waals surface area contributed by atoms with E-state index in [2.05, 4.69) is 29.8 Å². The molecule has 1 heterocycles. The SMILES string of the molecule is CCN1CCC(N(C)c2ccc(C#N)cc2N)CC1. The van der Waals surface area contributed by atoms with Gasteiger partial charge < -0.3 is 15.5 Å². The molecule has 0 aliphatic carbocycles. The molecule has 1 aromatic carbocycles. The molecule has 2 rings (SSSR count). The lowest BCUT2D eigenvalue weighted by Gasteiger charge is -2.37. The number of hydrogen-bond donors (Lipinski definition) is 1. The summed E-state index contributed by atoms with van der Waals surface area (Å²) in [6.07, 6.45) is 2.34. The summed E-state index contributed by atoms with van der Waals surface area (Å²) >= 11 is 0. The lowest BCUT2D eigenvalue weighted by Crippen LogP contribution is -2.43. The van der Waals surface area contributed by atoms with Crippen molar-refractivity contribution in [1.82, 2.24) is 4.90 Å². The molecule has 4 nitrogen and oxygen atoms in total. The van der Waals surface area contributed by atoms with Crippen molar-refractivity contribution in [3.8, 4) is 6.07 Å². The lowest BCUT2D eigenvalue weighted by atomic mass is 10.0. The Kier molecular flexibility index (Phi) is 4.28. The first-order chi connectivity index (χ1) is 9.15. The number of nitrogen functional groups attached to an aromatic ring is 1. The molecule has 1 aliphatic rings. The van der Waals surface area contributed by atoms with E-state index in [-0.39, 0.29) is 0 Å². The van der Waals surface area contributed by atoms with Crippen LogP contribution in [0.1, 0.15) is 25.3 Å². The van der Waals surface area contributed by atoms with Crippen LogP contribution in [-0.4, -0.2) is 37.6 Å². The molecule has 0 unspecified atom stereocenters. The molecule has 19 heavy (non-hydrogen) atoms. The molecule has 1 saturated heterocycles. The molecule has 0 aromatic heterocycles. The van der Waals surface area contributed by atoms with Gasteiger partial charge >= 0.3 is 0 Å². The predicted octanol–water partition coefficient (Wildman–Crippen LogP) is 2.06. The van der Waals surface area contributed by atoms with Crippen LogP contribution in [0.3, 0.4) is 0 Å². The fourth-order valence-electron chi connectivity index (χ4n) is 2.76. The van der Waals surface area contributed by atoms with Crippen LogP contribution >= 0.6 is 0 Å². The fourth-order valence-corrected chi connectivity index (χ4v) is 2.76. The van der Waals surface area contributed by atoms with Gasteiger partial charge in [0.15, 0.2) is 0 Å². The topological polar surface area (TPSA) is 56.3 Å². The number of nitrogens with zero attached hydrogens (tertiary/aromatic N) is 3. The number of hydrogen-bond acceptors (Lipinski definition) is 4. The Morgan fingerprint density at radius 2 is 2.11 bits per heavy atom. The van der Waals surface area contributed by atoms with Gasteiger partial charge in [0.1, 0.15) is 0 Å². The average Bonchev–Trinajstić information content (AvgIpc) is 2.46. The molecule has 1 aliphatic heterocycles. The zero-order valence-electron chi connectivity index (χ0n) is 11.8. The van der Waals surface area contributed by atoms with Gasteiger partial charge in [-0.3, -0.25) is 0 Å². The van der Waals surface area contributed by atoms with Gasteiger partial charge in [0.05, 0.1) is 23.0 Å². The minimum Gasteiger partial charge on any atom is -0.397 e. The van der Waals surface area contributed by atoms with E-state index in [1.54, 1.807) is 6.07 Å². The maximum Gasteiger partial charge on any atom is 0.0992 e. The third-order valence-corrected chi connectivity index (χ3v) is 4.09. The maximum atomic E-state index is 8.87. The number of anilines is 2. The van der Waals surface area contributed by atoms with Crippen molar-refractivity contribution >= 4 is 11.4 Å². The van der Waals surface area contributed by atoms with Crippen molar-refractivity contribution in [3.05, 3.63) is 23.8 Å². The second-order valence-electron chi connectivity index (χ2n) is 5.16. The minimum atomic E-state index is 0.540. The zero-order chi connectivity index (χ0) is 13.8. The van der Waals surface area contributed by atoms with Crippen LogP contribution in [0.2, 0.25) is 0 Å². The van der Waals surface area contributed by atoms with Gasteiger partial charge in [-0.2, -0.15) is 5.26 Å². The van der Waals surface area contributed by atoms with Gasteiger partial charge in [-0.25, -0.2) is 0 Å². The highest BCUT2D eigenvalue weighted by molar-refractivity contribution is 5.69. The molecular formula is C15H22N4. The van der Waals surface area contributed by atoms with Crippen LogP contribution in [0.5, 0.6) is 0 Å². The zero-order valence-corrected chi connectivity index (χ0v) is 11.8. The third-order valence-electron chi connectivity index (χ3n) is 4.09. The number of likely N-dealkylation sites (tertiary alicyclic amines) is 1. The Bertz CT molecular complexity index is 470. The van der Waals surface area contributed by atoms with E-state index < -0.39 is 0 Å². The van der Waals surface area contributed by atoms with Crippen molar-refractivity contribution in [3.63, 3.8) is 0 Å². The molecule has 0 radical (unpaired) electrons. The molecule has 0 amide bonds. The highest BCUT2D eigenvalue weighted by Gasteiger charge is 2.22. The molecule has 1 fully saturated rings. The first-order valence-corrected chi connectivity index (χ1v) is 6.90. The second kappa shape index (κ2) is 5.94. The summed E-state index contributed by atoms with van der Waals surface area (Å²) in [7, 11) is 2.10. The van der Waals surface area contributed by atoms with E-state index in [9.17, 15) is 0 Å². The van der Waals surface area contributed by atoms with E-state index in [1.807, 2.05) is 12.1 Å². The predicted molar refractivity (Wildman–Crippen MR) is 79.1 cm³/mol. The molecule has 0 spiro atoms. The summed E-state index contributed by atoms with van der Waals surface area (Å²) in [6.45, 7) is 5.65. The molecule has 0 saturated carbocycles. The van der Waals surface area contributed by atoms with Crippen molar-refractivity contribution < 1.29 is 0 Å². The van der Waals surface area contributed by atoms with Crippen molar-refractivity contribution in [2.24, 2.45) is 0 Å². The van der Waals surface area contributed by atoms with Crippen LogP contribution in [-0.2, 0) is 0 Å². The van der Waals surface area contributed by atoms with Gasteiger partial charge in [0, 0.05) is 26.2 Å². The normalized spacial score (nSPS) is 17.1. The number of rotatable bonds is 3. The van der Waals surface area contributed by atoms with Crippen molar-refractivity contribution in [2.75, 3.05) is 37.3 Å². The Labute approximate surface area is 115 Å². The minimum absolute atomic E-state index is 0.540. The first kappa shape index (κ1) is 13.7. The Morgan fingerprint density at radius 1 is 1.42 bits per heavy atom. The maximum absolute atomic E-state index is 8.87. The quantitative estimate of drug-likeness (QED) is 0.843. The molecular weight excluding hydrogens is 236 g/mol. The molecule has 102 valence electrons. The van der Waals surface area contributed by atoms with Crippen molar-refractivity contribution in [2.45, 2.75) is 25.8 Å². The number of nitriles is 1. The van der Waals surface area contributed by atoms with Gasteiger partial charge in [0.25, 0.3) is 0 Å². The number of benzene rings is 1. The fraction of sp³-hybridized carbons (Fsp3) is 0.533. The monoisotopic (exact) mass is 258 g/mol. The van der Waals surface area contributed by atoms with Crippen LogP contribution in [0.25, 0.3) is 0 Å². The van der Waals surface area contributed by atoms with E-state index in [4.69, 9.17) is 11.0 Å². The Morgan fingerprint density at radius 3 is 2.63 bits per heavy atom. The summed E-state index contributed by atoms with van der Waals surface area (Å²) in [6, 6.07) is 8.21. The third kappa shape index (κ3) is 2.99. The van der Waals surface area contributed by atoms with Crippen LogP contribution in [0, 0.1) is 11.3 Å². The van der Waals surface area contributed by atoms with E-state index >= 15 is 0 Å². The summed E-state index contributed by atoms with van der Waals surface area (Å²) in [5.41, 5.74) is 8.41. The summed E-state index contributed by atoms with van der Waals surface area (Å²) in [5, 5.41) is 8.87. The molecule has 1 aromatic rings. The summed E-state index contributed by atoms with van der Waals surface area (Å²) < 4.78 is 0. The molecule has 2 N–H and O–H groups in total. The molecule has 0 atom stereocenters. The molecule has 0 bridgehead atoms. The number of piperidine rings is 1. The standard InChI is InChI=1S/C15H22N4/c1-3-19-8-6-13(7-9-19)18(2)15-5-4-12(11-16)10-14(15)17/h4-5,10,13H,3,6-9,17H2,1-2H3. The average molecular weight is 258 g/mol. The lowest BCUT2D eigenvalue weighted by molar-refractivity contribution is 0.221. The van der Waals surface area contributed by atoms with Crippen LogP contribution in [0.15, 0.2) is 18.2 Å². The van der Waals surface area contributed by atoms with Crippen molar-refractivity contribution in [1.29, 1.82) is 5.26 Å². The van der Waals surface area contributed by atoms with Crippen LogP contribution in [0.4, 0.5) is 11.4 Å². The smallest absolute Gasteiger partial charge is 0.0992 e. The number of nitrogens with two attached hydrogens (primary N) is 1. The van der Waals surface area contributed by atoms with E-state index in [0.717, 1.165) is 25.3 Å².